The first-order valence-corrected chi connectivity index (χ1v) is 8.16. The Bertz CT molecular complexity index is 816. The van der Waals surface area contributed by atoms with Crippen LogP contribution in [0.3, 0.4) is 0 Å². The summed E-state index contributed by atoms with van der Waals surface area (Å²) in [5, 5.41) is 2.70. The van der Waals surface area contributed by atoms with Crippen LogP contribution in [0.25, 0.3) is 0 Å². The lowest BCUT2D eigenvalue weighted by atomic mass is 10.1. The molecule has 0 fully saturated rings. The standard InChI is InChI=1S/C20H23NO5/c1-12-6-8-16(13(2)10-12)20(23)26-14(3)19(22)21-15-7-9-17(24-4)18(11-15)25-5/h6-11,14H,1-5H3,(H,21,22). The molecule has 0 spiro atoms. The van der Waals surface area contributed by atoms with Crippen molar-refractivity contribution >= 4 is 17.6 Å². The number of carbonyl (C=O) groups excluding carboxylic acids is 2. The van der Waals surface area contributed by atoms with Gasteiger partial charge in [0.05, 0.1) is 19.8 Å². The molecular weight excluding hydrogens is 334 g/mol. The number of benzene rings is 2. The zero-order valence-electron chi connectivity index (χ0n) is 15.6. The number of ether oxygens (including phenoxy) is 3. The van der Waals surface area contributed by atoms with Gasteiger partial charge < -0.3 is 19.5 Å². The highest BCUT2D eigenvalue weighted by Crippen LogP contribution is 2.29. The van der Waals surface area contributed by atoms with Crippen LogP contribution in [0.4, 0.5) is 5.69 Å². The molecule has 6 nitrogen and oxygen atoms in total. The second kappa shape index (κ2) is 8.38. The van der Waals surface area contributed by atoms with Crippen LogP contribution in [0.1, 0.15) is 28.4 Å². The summed E-state index contributed by atoms with van der Waals surface area (Å²) in [4.78, 5) is 24.6. The Kier molecular flexibility index (Phi) is 6.22. The Morgan fingerprint density at radius 1 is 0.962 bits per heavy atom. The van der Waals surface area contributed by atoms with Gasteiger partial charge in [0, 0.05) is 11.8 Å². The highest BCUT2D eigenvalue weighted by atomic mass is 16.5. The number of hydrogen-bond acceptors (Lipinski definition) is 5. The molecular formula is C20H23NO5. The lowest BCUT2D eigenvalue weighted by molar-refractivity contribution is -0.123. The number of esters is 1. The average molecular weight is 357 g/mol. The second-order valence-electron chi connectivity index (χ2n) is 5.92. The number of hydrogen-bond donors (Lipinski definition) is 1. The second-order valence-corrected chi connectivity index (χ2v) is 5.92. The van der Waals surface area contributed by atoms with E-state index >= 15 is 0 Å². The zero-order chi connectivity index (χ0) is 19.3. The number of methoxy groups -OCH3 is 2. The fraction of sp³-hybridized carbons (Fsp3) is 0.300. The predicted molar refractivity (Wildman–Crippen MR) is 99.0 cm³/mol. The van der Waals surface area contributed by atoms with Crippen molar-refractivity contribution in [2.75, 3.05) is 19.5 Å². The SMILES string of the molecule is COc1ccc(NC(=O)C(C)OC(=O)c2ccc(C)cc2C)cc1OC. The van der Waals surface area contributed by atoms with Crippen LogP contribution in [0, 0.1) is 13.8 Å². The van der Waals surface area contributed by atoms with E-state index in [1.807, 2.05) is 26.0 Å². The molecule has 1 amide bonds. The lowest BCUT2D eigenvalue weighted by Crippen LogP contribution is -2.30. The van der Waals surface area contributed by atoms with E-state index in [1.54, 1.807) is 24.3 Å². The fourth-order valence-corrected chi connectivity index (χ4v) is 2.48. The highest BCUT2D eigenvalue weighted by molar-refractivity contribution is 5.98. The van der Waals surface area contributed by atoms with Crippen LogP contribution in [-0.4, -0.2) is 32.2 Å². The molecule has 2 rings (SSSR count). The van der Waals surface area contributed by atoms with Gasteiger partial charge in [-0.2, -0.15) is 0 Å². The van der Waals surface area contributed by atoms with E-state index in [2.05, 4.69) is 5.32 Å². The summed E-state index contributed by atoms with van der Waals surface area (Å²) >= 11 is 0. The van der Waals surface area contributed by atoms with Crippen molar-refractivity contribution in [3.8, 4) is 11.5 Å². The molecule has 1 atom stereocenters. The average Bonchev–Trinajstić information content (AvgIpc) is 2.61. The Hall–Kier alpha value is -3.02. The first-order valence-electron chi connectivity index (χ1n) is 8.16. The van der Waals surface area contributed by atoms with Gasteiger partial charge in [-0.1, -0.05) is 17.7 Å². The number of nitrogens with one attached hydrogen (secondary N) is 1. The zero-order valence-corrected chi connectivity index (χ0v) is 15.6. The van der Waals surface area contributed by atoms with Crippen molar-refractivity contribution < 1.29 is 23.8 Å². The van der Waals surface area contributed by atoms with Crippen molar-refractivity contribution in [3.05, 3.63) is 53.1 Å². The summed E-state index contributed by atoms with van der Waals surface area (Å²) in [5.74, 6) is 0.0813. The van der Waals surface area contributed by atoms with Gasteiger partial charge >= 0.3 is 5.97 Å². The first-order chi connectivity index (χ1) is 12.3. The molecule has 1 unspecified atom stereocenters. The number of carbonyl (C=O) groups is 2. The Morgan fingerprint density at radius 2 is 1.65 bits per heavy atom. The molecule has 0 aromatic heterocycles. The maximum Gasteiger partial charge on any atom is 0.339 e. The minimum Gasteiger partial charge on any atom is -0.493 e. The molecule has 0 heterocycles. The van der Waals surface area contributed by atoms with Gasteiger partial charge in [-0.05, 0) is 44.5 Å². The third-order valence-corrected chi connectivity index (χ3v) is 3.91. The van der Waals surface area contributed by atoms with E-state index in [0.29, 0.717) is 22.7 Å². The molecule has 26 heavy (non-hydrogen) atoms. The Balaban J connectivity index is 2.04. The normalized spacial score (nSPS) is 11.4. The minimum atomic E-state index is -0.948. The van der Waals surface area contributed by atoms with Crippen LogP contribution >= 0.6 is 0 Å². The maximum absolute atomic E-state index is 12.3. The summed E-state index contributed by atoms with van der Waals surface area (Å²) in [6.45, 7) is 5.30. The molecule has 1 N–H and O–H groups in total. The van der Waals surface area contributed by atoms with E-state index in [-0.39, 0.29) is 0 Å². The molecule has 2 aromatic rings. The van der Waals surface area contributed by atoms with E-state index < -0.39 is 18.0 Å². The molecule has 0 aliphatic rings. The summed E-state index contributed by atoms with van der Waals surface area (Å²) in [6, 6.07) is 10.4. The van der Waals surface area contributed by atoms with Crippen LogP contribution < -0.4 is 14.8 Å². The van der Waals surface area contributed by atoms with Crippen molar-refractivity contribution in [1.82, 2.24) is 0 Å². The van der Waals surface area contributed by atoms with Crippen LogP contribution in [0.15, 0.2) is 36.4 Å². The summed E-state index contributed by atoms with van der Waals surface area (Å²) in [6.07, 6.45) is -0.948. The van der Waals surface area contributed by atoms with Crippen LogP contribution in [0.5, 0.6) is 11.5 Å². The number of amides is 1. The quantitative estimate of drug-likeness (QED) is 0.801. The van der Waals surface area contributed by atoms with Gasteiger partial charge in [0.1, 0.15) is 0 Å². The van der Waals surface area contributed by atoms with Gasteiger partial charge in [-0.3, -0.25) is 4.79 Å². The van der Waals surface area contributed by atoms with Crippen LogP contribution in [0.2, 0.25) is 0 Å². The molecule has 0 aliphatic carbocycles. The smallest absolute Gasteiger partial charge is 0.339 e. The number of rotatable bonds is 6. The summed E-state index contributed by atoms with van der Waals surface area (Å²) < 4.78 is 15.6. The van der Waals surface area contributed by atoms with Crippen molar-refractivity contribution in [3.63, 3.8) is 0 Å². The van der Waals surface area contributed by atoms with Crippen molar-refractivity contribution in [2.24, 2.45) is 0 Å². The molecule has 0 saturated carbocycles. The molecule has 6 heteroatoms. The van der Waals surface area contributed by atoms with Crippen molar-refractivity contribution in [2.45, 2.75) is 26.9 Å². The van der Waals surface area contributed by atoms with E-state index in [0.717, 1.165) is 11.1 Å². The summed E-state index contributed by atoms with van der Waals surface area (Å²) in [7, 11) is 3.04. The van der Waals surface area contributed by atoms with Gasteiger partial charge in [0.15, 0.2) is 17.6 Å². The molecule has 0 saturated heterocycles. The topological polar surface area (TPSA) is 73.9 Å². The predicted octanol–water partition coefficient (Wildman–Crippen LogP) is 3.50. The van der Waals surface area contributed by atoms with Gasteiger partial charge in [-0.25, -0.2) is 4.79 Å². The summed E-state index contributed by atoms with van der Waals surface area (Å²) in [5.41, 5.74) is 2.82. The molecule has 138 valence electrons. The molecule has 2 aromatic carbocycles. The number of aryl methyl sites for hydroxylation is 2. The van der Waals surface area contributed by atoms with Crippen LogP contribution in [-0.2, 0) is 9.53 Å². The third-order valence-electron chi connectivity index (χ3n) is 3.91. The Morgan fingerprint density at radius 3 is 2.27 bits per heavy atom. The minimum absolute atomic E-state index is 0.435. The molecule has 0 radical (unpaired) electrons. The van der Waals surface area contributed by atoms with Gasteiger partial charge in [0.2, 0.25) is 0 Å². The fourth-order valence-electron chi connectivity index (χ4n) is 2.48. The van der Waals surface area contributed by atoms with E-state index in [1.165, 1.54) is 21.1 Å². The largest absolute Gasteiger partial charge is 0.493 e. The van der Waals surface area contributed by atoms with Gasteiger partial charge in [0.25, 0.3) is 5.91 Å². The van der Waals surface area contributed by atoms with Crippen molar-refractivity contribution in [1.29, 1.82) is 0 Å². The molecule has 0 aliphatic heterocycles. The maximum atomic E-state index is 12.3. The third kappa shape index (κ3) is 4.53. The first kappa shape index (κ1) is 19.3. The van der Waals surface area contributed by atoms with E-state index in [9.17, 15) is 9.59 Å². The highest BCUT2D eigenvalue weighted by Gasteiger charge is 2.20. The Labute approximate surface area is 153 Å². The lowest BCUT2D eigenvalue weighted by Gasteiger charge is -2.15. The van der Waals surface area contributed by atoms with Gasteiger partial charge in [-0.15, -0.1) is 0 Å². The van der Waals surface area contributed by atoms with E-state index in [4.69, 9.17) is 14.2 Å². The number of anilines is 1. The monoisotopic (exact) mass is 357 g/mol. The molecule has 0 bridgehead atoms.